The molecule has 1 saturated heterocycles. The van der Waals surface area contributed by atoms with Crippen LogP contribution >= 0.6 is 12.4 Å². The Bertz CT molecular complexity index is 480. The van der Waals surface area contributed by atoms with E-state index in [1.807, 2.05) is 6.92 Å². The first-order valence-electron chi connectivity index (χ1n) is 7.33. The summed E-state index contributed by atoms with van der Waals surface area (Å²) < 4.78 is 13.1. The molecule has 1 aromatic carbocycles. The van der Waals surface area contributed by atoms with Crippen LogP contribution in [-0.4, -0.2) is 61.0 Å². The number of carbonyl (C=O) groups is 1. The standard InChI is InChI=1S/C15H23FN4O.ClH/c1-12(20-9-7-19(6-5-17)8-10-20)15(21)18-14-4-2-3-13(16)11-14;/h2-4,11-12H,5-10,17H2,1H3,(H,18,21);1H. The van der Waals surface area contributed by atoms with Gasteiger partial charge < -0.3 is 11.1 Å². The van der Waals surface area contributed by atoms with E-state index in [2.05, 4.69) is 15.1 Å². The number of amides is 1. The lowest BCUT2D eigenvalue weighted by atomic mass is 10.2. The molecule has 0 saturated carbocycles. The molecule has 124 valence electrons. The van der Waals surface area contributed by atoms with Crippen molar-refractivity contribution in [2.75, 3.05) is 44.6 Å². The Morgan fingerprint density at radius 2 is 2.05 bits per heavy atom. The van der Waals surface area contributed by atoms with Crippen LogP contribution in [-0.2, 0) is 4.79 Å². The molecule has 1 unspecified atom stereocenters. The van der Waals surface area contributed by atoms with Gasteiger partial charge in [0.05, 0.1) is 6.04 Å². The minimum atomic E-state index is -0.351. The van der Waals surface area contributed by atoms with Crippen LogP contribution in [0.2, 0.25) is 0 Å². The Hall–Kier alpha value is -1.21. The third-order valence-electron chi connectivity index (χ3n) is 3.87. The maximum atomic E-state index is 13.1. The second-order valence-electron chi connectivity index (χ2n) is 5.34. The molecule has 0 aromatic heterocycles. The predicted octanol–water partition coefficient (Wildman–Crippen LogP) is 1.15. The van der Waals surface area contributed by atoms with Crippen LogP contribution in [0.25, 0.3) is 0 Å². The summed E-state index contributed by atoms with van der Waals surface area (Å²) in [4.78, 5) is 16.7. The summed E-state index contributed by atoms with van der Waals surface area (Å²) >= 11 is 0. The molecule has 0 radical (unpaired) electrons. The van der Waals surface area contributed by atoms with Crippen molar-refractivity contribution in [1.29, 1.82) is 0 Å². The molecule has 5 nitrogen and oxygen atoms in total. The Morgan fingerprint density at radius 1 is 1.36 bits per heavy atom. The van der Waals surface area contributed by atoms with E-state index in [9.17, 15) is 9.18 Å². The van der Waals surface area contributed by atoms with Gasteiger partial charge in [-0.1, -0.05) is 6.07 Å². The van der Waals surface area contributed by atoms with Gasteiger partial charge in [-0.2, -0.15) is 0 Å². The quantitative estimate of drug-likeness (QED) is 0.850. The number of piperazine rings is 1. The topological polar surface area (TPSA) is 61.6 Å². The van der Waals surface area contributed by atoms with Crippen LogP contribution in [0, 0.1) is 5.82 Å². The van der Waals surface area contributed by atoms with E-state index in [-0.39, 0.29) is 30.2 Å². The van der Waals surface area contributed by atoms with Crippen LogP contribution in [0.1, 0.15) is 6.92 Å². The van der Waals surface area contributed by atoms with E-state index in [1.165, 1.54) is 12.1 Å². The second kappa shape index (κ2) is 9.05. The zero-order valence-electron chi connectivity index (χ0n) is 12.8. The van der Waals surface area contributed by atoms with Crippen LogP contribution in [0.3, 0.4) is 0 Å². The smallest absolute Gasteiger partial charge is 0.241 e. The SMILES string of the molecule is CC(C(=O)Nc1cccc(F)c1)N1CCN(CCN)CC1.Cl. The highest BCUT2D eigenvalue weighted by atomic mass is 35.5. The fourth-order valence-corrected chi connectivity index (χ4v) is 2.54. The van der Waals surface area contributed by atoms with E-state index < -0.39 is 0 Å². The third-order valence-corrected chi connectivity index (χ3v) is 3.87. The fourth-order valence-electron chi connectivity index (χ4n) is 2.54. The van der Waals surface area contributed by atoms with Crippen LogP contribution in [0.5, 0.6) is 0 Å². The molecule has 0 spiro atoms. The number of nitrogens with zero attached hydrogens (tertiary/aromatic N) is 2. The van der Waals surface area contributed by atoms with Gasteiger partial charge >= 0.3 is 0 Å². The number of halogens is 2. The molecule has 2 rings (SSSR count). The van der Waals surface area contributed by atoms with Gasteiger partial charge in [-0.3, -0.25) is 14.6 Å². The molecule has 1 amide bonds. The summed E-state index contributed by atoms with van der Waals surface area (Å²) in [5.74, 6) is -0.455. The first kappa shape index (κ1) is 18.8. The van der Waals surface area contributed by atoms with Gasteiger partial charge in [0.25, 0.3) is 0 Å². The van der Waals surface area contributed by atoms with Crippen LogP contribution < -0.4 is 11.1 Å². The van der Waals surface area contributed by atoms with Gasteiger partial charge in [0.1, 0.15) is 5.82 Å². The molecule has 3 N–H and O–H groups in total. The van der Waals surface area contributed by atoms with Crippen LogP contribution in [0.4, 0.5) is 10.1 Å². The highest BCUT2D eigenvalue weighted by Gasteiger charge is 2.25. The molecule has 1 aliphatic heterocycles. The number of benzene rings is 1. The van der Waals surface area contributed by atoms with E-state index in [0.717, 1.165) is 32.7 Å². The Labute approximate surface area is 137 Å². The number of nitrogens with two attached hydrogens (primary N) is 1. The van der Waals surface area contributed by atoms with Gasteiger partial charge in [0.2, 0.25) is 5.91 Å². The summed E-state index contributed by atoms with van der Waals surface area (Å²) in [5, 5.41) is 2.76. The zero-order valence-corrected chi connectivity index (χ0v) is 13.6. The average molecular weight is 331 g/mol. The number of nitrogens with one attached hydrogen (secondary N) is 1. The zero-order chi connectivity index (χ0) is 15.2. The first-order valence-corrected chi connectivity index (χ1v) is 7.33. The normalized spacial score (nSPS) is 17.6. The molecule has 1 heterocycles. The summed E-state index contributed by atoms with van der Waals surface area (Å²) in [6, 6.07) is 5.72. The lowest BCUT2D eigenvalue weighted by Crippen LogP contribution is -2.53. The second-order valence-corrected chi connectivity index (χ2v) is 5.34. The average Bonchev–Trinajstić information content (AvgIpc) is 2.47. The maximum Gasteiger partial charge on any atom is 0.241 e. The Morgan fingerprint density at radius 3 is 2.64 bits per heavy atom. The van der Waals surface area contributed by atoms with Crippen molar-refractivity contribution >= 4 is 24.0 Å². The van der Waals surface area contributed by atoms with Crippen LogP contribution in [0.15, 0.2) is 24.3 Å². The Balaban J connectivity index is 0.00000242. The molecule has 1 atom stereocenters. The van der Waals surface area contributed by atoms with Gasteiger partial charge in [0.15, 0.2) is 0 Å². The van der Waals surface area contributed by atoms with Gasteiger partial charge in [-0.15, -0.1) is 12.4 Å². The van der Waals surface area contributed by atoms with E-state index in [0.29, 0.717) is 12.2 Å². The summed E-state index contributed by atoms with van der Waals surface area (Å²) in [6.45, 7) is 6.99. The predicted molar refractivity (Wildman–Crippen MR) is 88.8 cm³/mol. The van der Waals surface area contributed by atoms with Gasteiger partial charge in [-0.25, -0.2) is 4.39 Å². The number of hydrogen-bond donors (Lipinski definition) is 2. The van der Waals surface area contributed by atoms with E-state index in [4.69, 9.17) is 5.73 Å². The van der Waals surface area contributed by atoms with Crippen molar-refractivity contribution in [1.82, 2.24) is 9.80 Å². The van der Waals surface area contributed by atoms with Crippen molar-refractivity contribution in [2.45, 2.75) is 13.0 Å². The monoisotopic (exact) mass is 330 g/mol. The van der Waals surface area contributed by atoms with Gasteiger partial charge in [0, 0.05) is 45.0 Å². The van der Waals surface area contributed by atoms with Crippen molar-refractivity contribution < 1.29 is 9.18 Å². The maximum absolute atomic E-state index is 13.1. The fraction of sp³-hybridized carbons (Fsp3) is 0.533. The molecule has 1 fully saturated rings. The van der Waals surface area contributed by atoms with Gasteiger partial charge in [-0.05, 0) is 25.1 Å². The van der Waals surface area contributed by atoms with E-state index >= 15 is 0 Å². The minimum absolute atomic E-state index is 0. The molecule has 1 aromatic rings. The Kier molecular flexibility index (Phi) is 7.75. The number of hydrogen-bond acceptors (Lipinski definition) is 4. The molecule has 1 aliphatic rings. The largest absolute Gasteiger partial charge is 0.329 e. The summed E-state index contributed by atoms with van der Waals surface area (Å²) in [7, 11) is 0. The lowest BCUT2D eigenvalue weighted by Gasteiger charge is -2.37. The van der Waals surface area contributed by atoms with Crippen molar-refractivity contribution in [2.24, 2.45) is 5.73 Å². The minimum Gasteiger partial charge on any atom is -0.329 e. The molecule has 7 heteroatoms. The summed E-state index contributed by atoms with van der Waals surface area (Å²) in [6.07, 6.45) is 0. The molecule has 22 heavy (non-hydrogen) atoms. The highest BCUT2D eigenvalue weighted by Crippen LogP contribution is 2.12. The third kappa shape index (κ3) is 5.21. The number of rotatable bonds is 5. The number of carbonyl (C=O) groups excluding carboxylic acids is 1. The highest BCUT2D eigenvalue weighted by molar-refractivity contribution is 5.94. The van der Waals surface area contributed by atoms with Crippen molar-refractivity contribution in [3.05, 3.63) is 30.1 Å². The van der Waals surface area contributed by atoms with E-state index in [1.54, 1.807) is 12.1 Å². The molecule has 0 aliphatic carbocycles. The molecule has 0 bridgehead atoms. The summed E-state index contributed by atoms with van der Waals surface area (Å²) in [5.41, 5.74) is 6.04. The van der Waals surface area contributed by atoms with Crippen molar-refractivity contribution in [3.8, 4) is 0 Å². The lowest BCUT2D eigenvalue weighted by molar-refractivity contribution is -0.121. The molecular weight excluding hydrogens is 307 g/mol. The van der Waals surface area contributed by atoms with Crippen molar-refractivity contribution in [3.63, 3.8) is 0 Å². The molecular formula is C15H24ClFN4O. The number of anilines is 1. The first-order chi connectivity index (χ1) is 10.1.